The topological polar surface area (TPSA) is 87.1 Å². The predicted molar refractivity (Wildman–Crippen MR) is 59.7 cm³/mol. The van der Waals surface area contributed by atoms with Crippen molar-refractivity contribution < 1.29 is 23.7 Å². The number of rotatable bonds is 7. The van der Waals surface area contributed by atoms with E-state index in [2.05, 4.69) is 11.1 Å². The van der Waals surface area contributed by atoms with E-state index in [4.69, 9.17) is 9.79 Å². The molecule has 16 heavy (non-hydrogen) atoms. The Balaban J connectivity index is 4.34. The highest BCUT2D eigenvalue weighted by atomic mass is 31.2. The van der Waals surface area contributed by atoms with Gasteiger partial charge in [0.25, 0.3) is 0 Å². The van der Waals surface area contributed by atoms with Crippen LogP contribution in [0.15, 0.2) is 12.7 Å². The molecule has 0 aliphatic carbocycles. The third-order valence-corrected chi connectivity index (χ3v) is 2.41. The van der Waals surface area contributed by atoms with Crippen LogP contribution in [0.25, 0.3) is 0 Å². The van der Waals surface area contributed by atoms with Crippen molar-refractivity contribution in [3.05, 3.63) is 12.7 Å². The molecule has 0 aliphatic heterocycles. The zero-order valence-electron chi connectivity index (χ0n) is 9.50. The second kappa shape index (κ2) is 6.81. The molecule has 0 bridgehead atoms. The molecule has 0 saturated carbocycles. The standard InChI is InChI=1S/C9H18NO5P/c1-4-6-10(9(11)5-2)7-8(3)15-16(12,13)14/h5,8H,2,4,6-7H2,1,3H3,(H2,12,13,14). The van der Waals surface area contributed by atoms with Gasteiger partial charge >= 0.3 is 7.82 Å². The summed E-state index contributed by atoms with van der Waals surface area (Å²) in [6.07, 6.45) is 1.19. The van der Waals surface area contributed by atoms with E-state index in [9.17, 15) is 9.36 Å². The van der Waals surface area contributed by atoms with Crippen molar-refractivity contribution in [3.63, 3.8) is 0 Å². The molecule has 94 valence electrons. The fourth-order valence-electron chi connectivity index (χ4n) is 1.27. The maximum absolute atomic E-state index is 11.4. The van der Waals surface area contributed by atoms with E-state index in [0.29, 0.717) is 6.54 Å². The molecule has 0 aromatic carbocycles. The highest BCUT2D eigenvalue weighted by Crippen LogP contribution is 2.37. The van der Waals surface area contributed by atoms with Gasteiger partial charge in [0.05, 0.1) is 6.10 Å². The summed E-state index contributed by atoms with van der Waals surface area (Å²) in [5.74, 6) is -0.275. The number of hydrogen-bond acceptors (Lipinski definition) is 3. The molecule has 0 radical (unpaired) electrons. The maximum Gasteiger partial charge on any atom is 0.469 e. The largest absolute Gasteiger partial charge is 0.469 e. The molecular formula is C9H18NO5P. The average molecular weight is 251 g/mol. The van der Waals surface area contributed by atoms with Crippen LogP contribution in [0, 0.1) is 0 Å². The summed E-state index contributed by atoms with van der Waals surface area (Å²) >= 11 is 0. The first-order valence-electron chi connectivity index (χ1n) is 4.95. The smallest absolute Gasteiger partial charge is 0.337 e. The summed E-state index contributed by atoms with van der Waals surface area (Å²) in [7, 11) is -4.50. The van der Waals surface area contributed by atoms with Gasteiger partial charge in [-0.15, -0.1) is 0 Å². The Kier molecular flexibility index (Phi) is 6.52. The summed E-state index contributed by atoms with van der Waals surface area (Å²) in [4.78, 5) is 30.0. The summed E-state index contributed by atoms with van der Waals surface area (Å²) < 4.78 is 15.0. The van der Waals surface area contributed by atoms with Crippen LogP contribution >= 0.6 is 7.82 Å². The molecular weight excluding hydrogens is 233 g/mol. The third-order valence-electron chi connectivity index (χ3n) is 1.77. The van der Waals surface area contributed by atoms with E-state index >= 15 is 0 Å². The predicted octanol–water partition coefficient (Wildman–Crippen LogP) is 0.909. The first-order chi connectivity index (χ1) is 7.30. The Morgan fingerprint density at radius 3 is 2.56 bits per heavy atom. The van der Waals surface area contributed by atoms with Gasteiger partial charge in [-0.2, -0.15) is 0 Å². The second-order valence-electron chi connectivity index (χ2n) is 3.39. The maximum atomic E-state index is 11.4. The molecule has 7 heteroatoms. The van der Waals surface area contributed by atoms with Crippen LogP contribution in [0.1, 0.15) is 20.3 Å². The van der Waals surface area contributed by atoms with E-state index in [0.717, 1.165) is 6.42 Å². The van der Waals surface area contributed by atoms with Crippen LogP contribution in [0.2, 0.25) is 0 Å². The molecule has 1 atom stereocenters. The number of hydrogen-bond donors (Lipinski definition) is 2. The quantitative estimate of drug-likeness (QED) is 0.518. The van der Waals surface area contributed by atoms with E-state index in [1.54, 1.807) is 0 Å². The fraction of sp³-hybridized carbons (Fsp3) is 0.667. The van der Waals surface area contributed by atoms with E-state index in [-0.39, 0.29) is 12.5 Å². The normalized spacial score (nSPS) is 13.2. The van der Waals surface area contributed by atoms with Gasteiger partial charge in [0.15, 0.2) is 0 Å². The van der Waals surface area contributed by atoms with Gasteiger partial charge in [0.2, 0.25) is 5.91 Å². The van der Waals surface area contributed by atoms with Gasteiger partial charge in [-0.25, -0.2) is 4.57 Å². The van der Waals surface area contributed by atoms with Crippen LogP contribution in [-0.4, -0.2) is 39.8 Å². The van der Waals surface area contributed by atoms with Crippen molar-refractivity contribution in [2.24, 2.45) is 0 Å². The Hall–Kier alpha value is -0.680. The van der Waals surface area contributed by atoms with E-state index in [1.807, 2.05) is 6.92 Å². The molecule has 1 unspecified atom stereocenters. The molecule has 0 aromatic heterocycles. The number of carbonyl (C=O) groups is 1. The lowest BCUT2D eigenvalue weighted by Gasteiger charge is -2.24. The SMILES string of the molecule is C=CC(=O)N(CCC)CC(C)OP(=O)(O)O. The summed E-state index contributed by atoms with van der Waals surface area (Å²) in [5.41, 5.74) is 0. The second-order valence-corrected chi connectivity index (χ2v) is 4.59. The molecule has 2 N–H and O–H groups in total. The van der Waals surface area contributed by atoms with Crippen LogP contribution in [-0.2, 0) is 13.9 Å². The molecule has 0 fully saturated rings. The summed E-state index contributed by atoms with van der Waals surface area (Å²) in [6.45, 7) is 7.39. The minimum Gasteiger partial charge on any atom is -0.337 e. The Bertz CT molecular complexity index is 288. The molecule has 0 aliphatic rings. The monoisotopic (exact) mass is 251 g/mol. The average Bonchev–Trinajstić information content (AvgIpc) is 2.13. The number of phosphoric acid groups is 1. The van der Waals surface area contributed by atoms with E-state index in [1.165, 1.54) is 17.9 Å². The number of nitrogens with zero attached hydrogens (tertiary/aromatic N) is 1. The van der Waals surface area contributed by atoms with Crippen molar-refractivity contribution in [2.75, 3.05) is 13.1 Å². The van der Waals surface area contributed by atoms with Gasteiger partial charge in [-0.1, -0.05) is 13.5 Å². The van der Waals surface area contributed by atoms with E-state index < -0.39 is 13.9 Å². The third kappa shape index (κ3) is 6.74. The molecule has 0 rings (SSSR count). The summed E-state index contributed by atoms with van der Waals surface area (Å²) in [6, 6.07) is 0. The zero-order chi connectivity index (χ0) is 12.8. The van der Waals surface area contributed by atoms with Crippen LogP contribution in [0.3, 0.4) is 0 Å². The van der Waals surface area contributed by atoms with Crippen molar-refractivity contribution >= 4 is 13.7 Å². The highest BCUT2D eigenvalue weighted by molar-refractivity contribution is 7.46. The van der Waals surface area contributed by atoms with Crippen molar-refractivity contribution in [1.82, 2.24) is 4.90 Å². The number of phosphoric ester groups is 1. The molecule has 0 aromatic rings. The fourth-order valence-corrected chi connectivity index (χ4v) is 1.80. The van der Waals surface area contributed by atoms with Gasteiger partial charge < -0.3 is 14.7 Å². The lowest BCUT2D eigenvalue weighted by molar-refractivity contribution is -0.127. The van der Waals surface area contributed by atoms with Crippen LogP contribution < -0.4 is 0 Å². The first kappa shape index (κ1) is 15.3. The van der Waals surface area contributed by atoms with Gasteiger partial charge in [-0.3, -0.25) is 9.32 Å². The van der Waals surface area contributed by atoms with Crippen molar-refractivity contribution in [1.29, 1.82) is 0 Å². The molecule has 0 heterocycles. The molecule has 0 saturated heterocycles. The highest BCUT2D eigenvalue weighted by Gasteiger charge is 2.21. The van der Waals surface area contributed by atoms with Crippen LogP contribution in [0.5, 0.6) is 0 Å². The van der Waals surface area contributed by atoms with Gasteiger partial charge in [-0.05, 0) is 19.4 Å². The Morgan fingerprint density at radius 2 is 2.19 bits per heavy atom. The molecule has 1 amide bonds. The lowest BCUT2D eigenvalue weighted by Crippen LogP contribution is -2.36. The van der Waals surface area contributed by atoms with Crippen LogP contribution in [0.4, 0.5) is 0 Å². The Morgan fingerprint density at radius 1 is 1.62 bits per heavy atom. The Labute approximate surface area is 95.1 Å². The molecule has 0 spiro atoms. The van der Waals surface area contributed by atoms with Gasteiger partial charge in [0, 0.05) is 13.1 Å². The number of carbonyl (C=O) groups excluding carboxylic acids is 1. The summed E-state index contributed by atoms with van der Waals surface area (Å²) in [5, 5.41) is 0. The van der Waals surface area contributed by atoms with Crippen molar-refractivity contribution in [3.8, 4) is 0 Å². The first-order valence-corrected chi connectivity index (χ1v) is 6.48. The van der Waals surface area contributed by atoms with Gasteiger partial charge in [0.1, 0.15) is 0 Å². The van der Waals surface area contributed by atoms with Crippen molar-refractivity contribution in [2.45, 2.75) is 26.4 Å². The number of amides is 1. The zero-order valence-corrected chi connectivity index (χ0v) is 10.4. The minimum atomic E-state index is -4.50. The minimum absolute atomic E-state index is 0.129. The lowest BCUT2D eigenvalue weighted by atomic mass is 10.3. The molecule has 6 nitrogen and oxygen atoms in total.